The van der Waals surface area contributed by atoms with E-state index in [0.717, 1.165) is 0 Å². The number of nitrogens with one attached hydrogen (secondary N) is 1. The van der Waals surface area contributed by atoms with Gasteiger partial charge >= 0.3 is 0 Å². The fraction of sp³-hybridized carbons (Fsp3) is 0.333. The van der Waals surface area contributed by atoms with Gasteiger partial charge in [-0.3, -0.25) is 9.78 Å². The topological polar surface area (TPSA) is 45.8 Å². The van der Waals surface area contributed by atoms with Crippen molar-refractivity contribution in [2.75, 3.05) is 0 Å². The largest absolute Gasteiger partial charge is 0.326 e. The van der Waals surface area contributed by atoms with E-state index in [2.05, 4.69) is 9.97 Å². The summed E-state index contributed by atoms with van der Waals surface area (Å²) in [7, 11) is 0. The molecule has 0 bridgehead atoms. The van der Waals surface area contributed by atoms with Crippen molar-refractivity contribution in [3.63, 3.8) is 0 Å². The zero-order valence-electron chi connectivity index (χ0n) is 5.59. The first-order valence-corrected chi connectivity index (χ1v) is 2.88. The summed E-state index contributed by atoms with van der Waals surface area (Å²) in [6.45, 7) is 4.00. The highest BCUT2D eigenvalue weighted by Gasteiger charge is 1.70. The number of H-pyrrole nitrogens is 1. The summed E-state index contributed by atoms with van der Waals surface area (Å²) in [6, 6.07) is 0. The Hall–Kier alpha value is -1.12. The van der Waals surface area contributed by atoms with Gasteiger partial charge in [0.15, 0.2) is 0 Å². The highest BCUT2D eigenvalue weighted by molar-refractivity contribution is 4.73. The van der Waals surface area contributed by atoms with Gasteiger partial charge in [-0.25, -0.2) is 0 Å². The number of nitrogens with zero attached hydrogens (tertiary/aromatic N) is 1. The quantitative estimate of drug-likeness (QED) is 0.558. The van der Waals surface area contributed by atoms with E-state index in [1.54, 1.807) is 0 Å². The van der Waals surface area contributed by atoms with E-state index in [1.165, 1.54) is 18.6 Å². The molecule has 3 nitrogen and oxygen atoms in total. The molecule has 50 valence electrons. The molecule has 1 aromatic heterocycles. The maximum absolute atomic E-state index is 10.2. The number of aromatic nitrogens is 2. The Bertz CT molecular complexity index is 177. The van der Waals surface area contributed by atoms with Crippen LogP contribution in [0.5, 0.6) is 0 Å². The minimum atomic E-state index is -0.164. The summed E-state index contributed by atoms with van der Waals surface area (Å²) >= 11 is 0. The minimum Gasteiger partial charge on any atom is -0.326 e. The SMILES string of the molecule is CC.O=c1cncc[nH]1. The van der Waals surface area contributed by atoms with Gasteiger partial charge in [-0.2, -0.15) is 0 Å². The number of hydrogen-bond acceptors (Lipinski definition) is 2. The van der Waals surface area contributed by atoms with Crippen molar-refractivity contribution in [2.24, 2.45) is 0 Å². The van der Waals surface area contributed by atoms with E-state index in [9.17, 15) is 4.79 Å². The van der Waals surface area contributed by atoms with Crippen molar-refractivity contribution < 1.29 is 0 Å². The van der Waals surface area contributed by atoms with Gasteiger partial charge in [0, 0.05) is 12.4 Å². The maximum atomic E-state index is 10.2. The molecule has 0 atom stereocenters. The van der Waals surface area contributed by atoms with Crippen LogP contribution in [0.25, 0.3) is 0 Å². The van der Waals surface area contributed by atoms with E-state index in [4.69, 9.17) is 0 Å². The Kier molecular flexibility index (Phi) is 4.40. The van der Waals surface area contributed by atoms with Crippen molar-refractivity contribution in [1.82, 2.24) is 9.97 Å². The molecule has 0 spiro atoms. The molecule has 0 unspecified atom stereocenters. The van der Waals surface area contributed by atoms with Gasteiger partial charge < -0.3 is 4.98 Å². The molecule has 1 heterocycles. The molecule has 0 amide bonds. The average Bonchev–Trinajstić information content (AvgIpc) is 1.94. The fourth-order valence-corrected chi connectivity index (χ4v) is 0.310. The molecule has 0 aliphatic heterocycles. The molecule has 0 fully saturated rings. The molecule has 0 aliphatic rings. The molecule has 0 aliphatic carbocycles. The lowest BCUT2D eigenvalue weighted by atomic mass is 10.8. The average molecular weight is 126 g/mol. The number of rotatable bonds is 0. The molecule has 1 aromatic rings. The van der Waals surface area contributed by atoms with Gasteiger partial charge in [0.25, 0.3) is 5.56 Å². The zero-order chi connectivity index (χ0) is 7.11. The minimum absolute atomic E-state index is 0.164. The molecule has 0 saturated heterocycles. The van der Waals surface area contributed by atoms with Crippen molar-refractivity contribution in [2.45, 2.75) is 13.8 Å². The summed E-state index contributed by atoms with van der Waals surface area (Å²) in [4.78, 5) is 16.1. The smallest absolute Gasteiger partial charge is 0.266 e. The van der Waals surface area contributed by atoms with Crippen LogP contribution in [0.1, 0.15) is 13.8 Å². The molecule has 0 radical (unpaired) electrons. The molecule has 1 N–H and O–H groups in total. The lowest BCUT2D eigenvalue weighted by Crippen LogP contribution is -2.01. The zero-order valence-corrected chi connectivity index (χ0v) is 5.59. The summed E-state index contributed by atoms with van der Waals surface area (Å²) in [6.07, 6.45) is 4.23. The second kappa shape index (κ2) is 5.03. The van der Waals surface area contributed by atoms with Crippen molar-refractivity contribution in [3.8, 4) is 0 Å². The van der Waals surface area contributed by atoms with E-state index < -0.39 is 0 Å². The van der Waals surface area contributed by atoms with Crippen molar-refractivity contribution >= 4 is 0 Å². The van der Waals surface area contributed by atoms with Gasteiger partial charge in [-0.05, 0) is 0 Å². The lowest BCUT2D eigenvalue weighted by molar-refractivity contribution is 1.14. The molecule has 0 saturated carbocycles. The molecule has 1 rings (SSSR count). The van der Waals surface area contributed by atoms with Gasteiger partial charge in [0.1, 0.15) is 0 Å². The second-order valence-corrected chi connectivity index (χ2v) is 1.10. The normalized spacial score (nSPS) is 7.33. The van der Waals surface area contributed by atoms with Crippen LogP contribution in [0.15, 0.2) is 23.4 Å². The Morgan fingerprint density at radius 1 is 1.56 bits per heavy atom. The number of aromatic amines is 1. The monoisotopic (exact) mass is 126 g/mol. The fourth-order valence-electron chi connectivity index (χ4n) is 0.310. The first-order chi connectivity index (χ1) is 4.39. The van der Waals surface area contributed by atoms with Crippen LogP contribution in [-0.4, -0.2) is 9.97 Å². The molecular weight excluding hydrogens is 116 g/mol. The summed E-state index contributed by atoms with van der Waals surface area (Å²) < 4.78 is 0. The second-order valence-electron chi connectivity index (χ2n) is 1.10. The van der Waals surface area contributed by atoms with Crippen LogP contribution in [-0.2, 0) is 0 Å². The molecule has 9 heavy (non-hydrogen) atoms. The maximum Gasteiger partial charge on any atom is 0.266 e. The number of hydrogen-bond donors (Lipinski definition) is 1. The van der Waals surface area contributed by atoms with E-state index in [1.807, 2.05) is 13.8 Å². The Balaban J connectivity index is 0.000000291. The van der Waals surface area contributed by atoms with E-state index in [-0.39, 0.29) is 5.56 Å². The Labute approximate surface area is 53.8 Å². The van der Waals surface area contributed by atoms with E-state index in [0.29, 0.717) is 0 Å². The van der Waals surface area contributed by atoms with Crippen LogP contribution in [0.3, 0.4) is 0 Å². The Morgan fingerprint density at radius 2 is 2.22 bits per heavy atom. The highest BCUT2D eigenvalue weighted by atomic mass is 16.1. The van der Waals surface area contributed by atoms with Crippen LogP contribution < -0.4 is 5.56 Å². The van der Waals surface area contributed by atoms with Crippen LogP contribution >= 0.6 is 0 Å². The highest BCUT2D eigenvalue weighted by Crippen LogP contribution is 1.57. The van der Waals surface area contributed by atoms with Gasteiger partial charge in [0.05, 0.1) is 6.20 Å². The lowest BCUT2D eigenvalue weighted by Gasteiger charge is -1.73. The van der Waals surface area contributed by atoms with Crippen LogP contribution in [0, 0.1) is 0 Å². The third-order valence-corrected chi connectivity index (χ3v) is 0.578. The van der Waals surface area contributed by atoms with Gasteiger partial charge in [-0.1, -0.05) is 13.8 Å². The summed E-state index contributed by atoms with van der Waals surface area (Å²) in [5.41, 5.74) is -0.164. The third-order valence-electron chi connectivity index (χ3n) is 0.578. The summed E-state index contributed by atoms with van der Waals surface area (Å²) in [5.74, 6) is 0. The third kappa shape index (κ3) is 3.46. The van der Waals surface area contributed by atoms with Crippen LogP contribution in [0.4, 0.5) is 0 Å². The van der Waals surface area contributed by atoms with Gasteiger partial charge in [0.2, 0.25) is 0 Å². The first kappa shape index (κ1) is 7.88. The van der Waals surface area contributed by atoms with Gasteiger partial charge in [-0.15, -0.1) is 0 Å². The van der Waals surface area contributed by atoms with E-state index >= 15 is 0 Å². The first-order valence-electron chi connectivity index (χ1n) is 2.88. The molecule has 3 heteroatoms. The standard InChI is InChI=1S/C4H4N2O.C2H6/c7-4-3-5-1-2-6-4;1-2/h1-3H,(H,6,7);1-2H3. The molecular formula is C6H10N2O. The van der Waals surface area contributed by atoms with Crippen molar-refractivity contribution in [1.29, 1.82) is 0 Å². The summed E-state index contributed by atoms with van der Waals surface area (Å²) in [5, 5.41) is 0. The predicted octanol–water partition coefficient (Wildman–Crippen LogP) is 0.796. The molecule has 0 aromatic carbocycles. The predicted molar refractivity (Wildman–Crippen MR) is 36.2 cm³/mol. The Morgan fingerprint density at radius 3 is 2.44 bits per heavy atom. The van der Waals surface area contributed by atoms with Crippen LogP contribution in [0.2, 0.25) is 0 Å². The van der Waals surface area contributed by atoms with Crippen molar-refractivity contribution in [3.05, 3.63) is 28.9 Å².